The van der Waals surface area contributed by atoms with Crippen LogP contribution in [-0.2, 0) is 4.79 Å². The molecule has 25 heavy (non-hydrogen) atoms. The third-order valence-corrected chi connectivity index (χ3v) is 8.97. The van der Waals surface area contributed by atoms with Crippen molar-refractivity contribution in [3.8, 4) is 0 Å². The van der Waals surface area contributed by atoms with E-state index in [2.05, 4.69) is 26.8 Å². The fourth-order valence-electron chi connectivity index (χ4n) is 7.48. The van der Waals surface area contributed by atoms with Gasteiger partial charge in [0.2, 0.25) is 0 Å². The number of rotatable bonds is 3. The van der Waals surface area contributed by atoms with Crippen molar-refractivity contribution < 1.29 is 9.90 Å². The van der Waals surface area contributed by atoms with E-state index in [9.17, 15) is 9.90 Å². The zero-order valence-corrected chi connectivity index (χ0v) is 16.4. The van der Waals surface area contributed by atoms with Crippen LogP contribution >= 0.6 is 0 Å². The molecule has 0 saturated heterocycles. The maximum absolute atomic E-state index is 12.2. The van der Waals surface area contributed by atoms with E-state index in [1.54, 1.807) is 0 Å². The Morgan fingerprint density at radius 1 is 1.16 bits per heavy atom. The van der Waals surface area contributed by atoms with Crippen LogP contribution < -0.4 is 0 Å². The van der Waals surface area contributed by atoms with Gasteiger partial charge in [-0.1, -0.05) is 39.2 Å². The first-order valence-electron chi connectivity index (χ1n) is 10.8. The fourth-order valence-corrected chi connectivity index (χ4v) is 7.48. The Labute approximate surface area is 153 Å². The third-order valence-electron chi connectivity index (χ3n) is 8.97. The molecule has 4 aliphatic rings. The molecule has 0 spiro atoms. The van der Waals surface area contributed by atoms with Crippen molar-refractivity contribution in [2.24, 2.45) is 34.5 Å². The minimum Gasteiger partial charge on any atom is -0.393 e. The van der Waals surface area contributed by atoms with Crippen LogP contribution in [0.2, 0.25) is 0 Å². The van der Waals surface area contributed by atoms with Gasteiger partial charge in [0.05, 0.1) is 6.10 Å². The number of carbonyl (C=O) groups is 1. The van der Waals surface area contributed by atoms with Crippen molar-refractivity contribution in [1.29, 1.82) is 0 Å². The van der Waals surface area contributed by atoms with E-state index in [1.807, 2.05) is 0 Å². The third kappa shape index (κ3) is 2.58. The molecule has 0 bridgehead atoms. The van der Waals surface area contributed by atoms with Gasteiger partial charge in [-0.2, -0.15) is 0 Å². The zero-order chi connectivity index (χ0) is 17.8. The van der Waals surface area contributed by atoms with Gasteiger partial charge in [-0.05, 0) is 85.5 Å². The highest BCUT2D eigenvalue weighted by Gasteiger charge is 2.60. The standard InChI is InChI=1S/C23H36O2/c1-4-5-6-15-13-17-18-7-8-21(25)23(18,3)12-10-19(17)22(2)11-9-16(24)14-20(15)22/h14-15,17-19,21,25H,4-13H2,1-3H3/t15?,17-,18-,19-,21-,22+,23-/m0/s1. The molecular formula is C23H36O2. The predicted octanol–water partition coefficient (Wildman–Crippen LogP) is 5.30. The van der Waals surface area contributed by atoms with Gasteiger partial charge in [-0.15, -0.1) is 0 Å². The first kappa shape index (κ1) is 17.8. The monoisotopic (exact) mass is 344 g/mol. The van der Waals surface area contributed by atoms with Gasteiger partial charge in [0.1, 0.15) is 0 Å². The quantitative estimate of drug-likeness (QED) is 0.755. The molecule has 7 atom stereocenters. The summed E-state index contributed by atoms with van der Waals surface area (Å²) in [6.45, 7) is 7.12. The van der Waals surface area contributed by atoms with Gasteiger partial charge in [0.15, 0.2) is 5.78 Å². The smallest absolute Gasteiger partial charge is 0.155 e. The molecule has 4 aliphatic carbocycles. The Balaban J connectivity index is 1.70. The van der Waals surface area contributed by atoms with Crippen LogP contribution in [0.1, 0.15) is 85.0 Å². The predicted molar refractivity (Wildman–Crippen MR) is 101 cm³/mol. The molecule has 3 saturated carbocycles. The Bertz CT molecular complexity index is 579. The number of unbranched alkanes of at least 4 members (excludes halogenated alkanes) is 1. The number of carbonyl (C=O) groups excluding carboxylic acids is 1. The van der Waals surface area contributed by atoms with Crippen LogP contribution in [0, 0.1) is 34.5 Å². The van der Waals surface area contributed by atoms with E-state index < -0.39 is 0 Å². The number of fused-ring (bicyclic) bond motifs is 5. The van der Waals surface area contributed by atoms with Crippen molar-refractivity contribution >= 4 is 5.78 Å². The molecule has 0 amide bonds. The molecule has 0 aromatic carbocycles. The fraction of sp³-hybridized carbons (Fsp3) is 0.870. The van der Waals surface area contributed by atoms with Gasteiger partial charge < -0.3 is 5.11 Å². The van der Waals surface area contributed by atoms with Crippen LogP contribution in [0.15, 0.2) is 11.6 Å². The zero-order valence-electron chi connectivity index (χ0n) is 16.4. The van der Waals surface area contributed by atoms with Crippen LogP contribution in [0.4, 0.5) is 0 Å². The van der Waals surface area contributed by atoms with E-state index >= 15 is 0 Å². The number of aliphatic hydroxyl groups excluding tert-OH is 1. The first-order chi connectivity index (χ1) is 11.9. The number of hydrogen-bond donors (Lipinski definition) is 1. The number of allylic oxidation sites excluding steroid dienone is 1. The molecule has 140 valence electrons. The van der Waals surface area contributed by atoms with Crippen molar-refractivity contribution in [3.63, 3.8) is 0 Å². The summed E-state index contributed by atoms with van der Waals surface area (Å²) < 4.78 is 0. The highest BCUT2D eigenvalue weighted by Crippen LogP contribution is 2.66. The summed E-state index contributed by atoms with van der Waals surface area (Å²) in [7, 11) is 0. The van der Waals surface area contributed by atoms with Crippen LogP contribution in [0.25, 0.3) is 0 Å². The van der Waals surface area contributed by atoms with E-state index in [0.29, 0.717) is 17.6 Å². The molecule has 0 aromatic rings. The molecule has 1 unspecified atom stereocenters. The lowest BCUT2D eigenvalue weighted by molar-refractivity contribution is -0.119. The molecule has 2 nitrogen and oxygen atoms in total. The second-order valence-electron chi connectivity index (χ2n) is 10.1. The van der Waals surface area contributed by atoms with E-state index in [0.717, 1.165) is 31.1 Å². The molecule has 0 aliphatic heterocycles. The van der Waals surface area contributed by atoms with Gasteiger partial charge in [-0.3, -0.25) is 4.79 Å². The summed E-state index contributed by atoms with van der Waals surface area (Å²) in [6.07, 6.45) is 13.5. The summed E-state index contributed by atoms with van der Waals surface area (Å²) in [5.41, 5.74) is 1.91. The Kier molecular flexibility index (Phi) is 4.42. The lowest BCUT2D eigenvalue weighted by Crippen LogP contribution is -2.53. The highest BCUT2D eigenvalue weighted by molar-refractivity contribution is 5.91. The van der Waals surface area contributed by atoms with Crippen LogP contribution in [0.3, 0.4) is 0 Å². The van der Waals surface area contributed by atoms with Crippen molar-refractivity contribution in [3.05, 3.63) is 11.6 Å². The molecule has 0 heterocycles. The molecule has 3 fully saturated rings. The van der Waals surface area contributed by atoms with Gasteiger partial charge in [0.25, 0.3) is 0 Å². The minimum atomic E-state index is -0.0924. The minimum absolute atomic E-state index is 0.0924. The summed E-state index contributed by atoms with van der Waals surface area (Å²) in [4.78, 5) is 12.2. The molecule has 1 N–H and O–H groups in total. The lowest BCUT2D eigenvalue weighted by Gasteiger charge is -2.59. The molecule has 4 rings (SSSR count). The van der Waals surface area contributed by atoms with Gasteiger partial charge in [0, 0.05) is 6.42 Å². The largest absolute Gasteiger partial charge is 0.393 e. The lowest BCUT2D eigenvalue weighted by atomic mass is 9.45. The summed E-state index contributed by atoms with van der Waals surface area (Å²) >= 11 is 0. The summed E-state index contributed by atoms with van der Waals surface area (Å²) in [5, 5.41) is 10.7. The Morgan fingerprint density at radius 2 is 1.96 bits per heavy atom. The topological polar surface area (TPSA) is 37.3 Å². The average Bonchev–Trinajstić information content (AvgIpc) is 2.89. The normalized spacial score (nSPS) is 49.2. The molecule has 0 aromatic heterocycles. The molecule has 2 heteroatoms. The second kappa shape index (κ2) is 6.22. The summed E-state index contributed by atoms with van der Waals surface area (Å²) in [5.74, 6) is 3.16. The maximum Gasteiger partial charge on any atom is 0.155 e. The van der Waals surface area contributed by atoms with Crippen molar-refractivity contribution in [1.82, 2.24) is 0 Å². The second-order valence-corrected chi connectivity index (χ2v) is 10.1. The van der Waals surface area contributed by atoms with E-state index in [1.165, 1.54) is 50.5 Å². The number of hydrogen-bond acceptors (Lipinski definition) is 2. The molecule has 0 radical (unpaired) electrons. The Morgan fingerprint density at radius 3 is 2.72 bits per heavy atom. The van der Waals surface area contributed by atoms with Crippen molar-refractivity contribution in [2.75, 3.05) is 0 Å². The van der Waals surface area contributed by atoms with E-state index in [-0.39, 0.29) is 16.9 Å². The number of ketones is 1. The molecular weight excluding hydrogens is 308 g/mol. The average molecular weight is 345 g/mol. The SMILES string of the molecule is CCCCC1C[C@H]2[C@@H]3CC[C@H](O)[C@@]3(C)CC[C@@H]2[C@@]2(C)CCC(=O)C=C12. The van der Waals surface area contributed by atoms with Gasteiger partial charge >= 0.3 is 0 Å². The van der Waals surface area contributed by atoms with Crippen LogP contribution in [-0.4, -0.2) is 17.0 Å². The van der Waals surface area contributed by atoms with Crippen molar-refractivity contribution in [2.45, 2.75) is 91.1 Å². The highest BCUT2D eigenvalue weighted by atomic mass is 16.3. The first-order valence-corrected chi connectivity index (χ1v) is 10.8. The summed E-state index contributed by atoms with van der Waals surface area (Å²) in [6, 6.07) is 0. The van der Waals surface area contributed by atoms with E-state index in [4.69, 9.17) is 0 Å². The van der Waals surface area contributed by atoms with Gasteiger partial charge in [-0.25, -0.2) is 0 Å². The maximum atomic E-state index is 12.2. The number of aliphatic hydroxyl groups is 1. The van der Waals surface area contributed by atoms with Crippen LogP contribution in [0.5, 0.6) is 0 Å². The Hall–Kier alpha value is -0.630.